The van der Waals surface area contributed by atoms with Crippen molar-refractivity contribution in [2.45, 2.75) is 32.0 Å². The lowest BCUT2D eigenvalue weighted by Crippen LogP contribution is -2.29. The molecule has 11 nitrogen and oxygen atoms in total. The van der Waals surface area contributed by atoms with Crippen LogP contribution in [0.4, 0.5) is 11.5 Å². The lowest BCUT2D eigenvalue weighted by molar-refractivity contribution is 0.0756. The second kappa shape index (κ2) is 10.3. The van der Waals surface area contributed by atoms with Crippen molar-refractivity contribution < 1.29 is 9.53 Å². The number of para-hydroxylation sites is 1. The van der Waals surface area contributed by atoms with Crippen molar-refractivity contribution >= 4 is 28.4 Å². The summed E-state index contributed by atoms with van der Waals surface area (Å²) in [6, 6.07) is 17.2. The molecule has 5 heterocycles. The van der Waals surface area contributed by atoms with Gasteiger partial charge in [0, 0.05) is 23.5 Å². The van der Waals surface area contributed by atoms with Crippen LogP contribution in [0.2, 0.25) is 0 Å². The molecule has 11 heteroatoms. The Morgan fingerprint density at radius 1 is 1.05 bits per heavy atom. The van der Waals surface area contributed by atoms with Crippen LogP contribution in [0.25, 0.3) is 27.8 Å². The van der Waals surface area contributed by atoms with Crippen molar-refractivity contribution in [2.75, 3.05) is 30.7 Å². The molecule has 0 saturated carbocycles. The molecule has 1 saturated heterocycles. The average molecular weight is 551 g/mol. The van der Waals surface area contributed by atoms with E-state index in [1.165, 1.54) is 6.33 Å². The van der Waals surface area contributed by atoms with Gasteiger partial charge in [0.05, 0.1) is 36.5 Å². The van der Waals surface area contributed by atoms with Crippen molar-refractivity contribution in [3.8, 4) is 16.8 Å². The minimum atomic E-state index is -0.466. The predicted molar refractivity (Wildman–Crippen MR) is 156 cm³/mol. The highest BCUT2D eigenvalue weighted by molar-refractivity contribution is 6.05. The van der Waals surface area contributed by atoms with Gasteiger partial charge in [-0.05, 0) is 55.8 Å². The highest BCUT2D eigenvalue weighted by Gasteiger charge is 2.28. The molecule has 0 bridgehead atoms. The van der Waals surface area contributed by atoms with Gasteiger partial charge in [0.1, 0.15) is 23.4 Å². The summed E-state index contributed by atoms with van der Waals surface area (Å²) in [6.07, 6.45) is 5.64. The summed E-state index contributed by atoms with van der Waals surface area (Å²) < 4.78 is 11.2. The lowest BCUT2D eigenvalue weighted by atomic mass is 10.1. The van der Waals surface area contributed by atoms with Gasteiger partial charge in [-0.25, -0.2) is 14.6 Å². The number of hydrogen-bond acceptors (Lipinski definition) is 7. The molecular formula is C30H30N8O3. The molecule has 208 valence electrons. The Morgan fingerprint density at radius 2 is 1.83 bits per heavy atom. The number of nitrogens with two attached hydrogens (primary N) is 1. The number of rotatable bonds is 5. The van der Waals surface area contributed by atoms with Crippen LogP contribution < -0.4 is 21.9 Å². The summed E-state index contributed by atoms with van der Waals surface area (Å²) >= 11 is 0. The Labute approximate surface area is 235 Å². The average Bonchev–Trinajstić information content (AvgIpc) is 3.54. The topological polar surface area (TPSA) is 134 Å². The first kappa shape index (κ1) is 25.2. The number of aromatic nitrogens is 5. The number of anilines is 2. The van der Waals surface area contributed by atoms with Crippen LogP contribution in [0.5, 0.6) is 0 Å². The summed E-state index contributed by atoms with van der Waals surface area (Å²) in [6.45, 7) is 3.07. The van der Waals surface area contributed by atoms with Crippen molar-refractivity contribution in [1.82, 2.24) is 29.2 Å². The van der Waals surface area contributed by atoms with Gasteiger partial charge in [0.25, 0.3) is 11.5 Å². The van der Waals surface area contributed by atoms with Gasteiger partial charge in [-0.3, -0.25) is 14.3 Å². The number of carbonyl (C=O) groups excluding carboxylic acids is 1. The summed E-state index contributed by atoms with van der Waals surface area (Å²) in [5.41, 5.74) is 10.6. The lowest BCUT2D eigenvalue weighted by Gasteiger charge is -2.24. The second-order valence-electron chi connectivity index (χ2n) is 10.4. The number of carbonyl (C=O) groups is 1. The van der Waals surface area contributed by atoms with Gasteiger partial charge in [0.15, 0.2) is 0 Å². The molecular weight excluding hydrogens is 520 g/mol. The first-order chi connectivity index (χ1) is 20.1. The molecule has 1 fully saturated rings. The van der Waals surface area contributed by atoms with Crippen LogP contribution in [0, 0.1) is 0 Å². The molecule has 0 atom stereocenters. The van der Waals surface area contributed by atoms with Crippen LogP contribution in [0.3, 0.4) is 0 Å². The van der Waals surface area contributed by atoms with E-state index in [9.17, 15) is 9.59 Å². The molecule has 2 aliphatic rings. The molecule has 7 rings (SSSR count). The van der Waals surface area contributed by atoms with E-state index in [2.05, 4.69) is 31.4 Å². The fourth-order valence-electron chi connectivity index (χ4n) is 5.96. The highest BCUT2D eigenvalue weighted by Crippen LogP contribution is 2.36. The van der Waals surface area contributed by atoms with Gasteiger partial charge in [-0.15, -0.1) is 0 Å². The molecule has 41 heavy (non-hydrogen) atoms. The Bertz CT molecular complexity index is 1800. The van der Waals surface area contributed by atoms with Crippen LogP contribution >= 0.6 is 0 Å². The largest absolute Gasteiger partial charge is 0.383 e. The van der Waals surface area contributed by atoms with E-state index in [-0.39, 0.29) is 17.7 Å². The maximum Gasteiger partial charge on any atom is 0.284 e. The van der Waals surface area contributed by atoms with Crippen LogP contribution in [-0.2, 0) is 17.9 Å². The molecule has 0 unspecified atom stereocenters. The number of fused-ring (bicyclic) bond motifs is 2. The number of ether oxygens (including phenoxy) is 1. The van der Waals surface area contributed by atoms with E-state index in [4.69, 9.17) is 10.5 Å². The third-order valence-corrected chi connectivity index (χ3v) is 7.96. The Hall–Kier alpha value is -4.74. The fraction of sp³-hybridized carbons (Fsp3) is 0.267. The molecule has 3 aromatic heterocycles. The fourth-order valence-corrected chi connectivity index (χ4v) is 5.96. The molecule has 5 aromatic rings. The van der Waals surface area contributed by atoms with Crippen molar-refractivity contribution in [3.63, 3.8) is 0 Å². The van der Waals surface area contributed by atoms with Gasteiger partial charge in [0.2, 0.25) is 0 Å². The molecule has 0 aliphatic carbocycles. The zero-order valence-corrected chi connectivity index (χ0v) is 22.4. The summed E-state index contributed by atoms with van der Waals surface area (Å²) in [5, 5.41) is 7.15. The van der Waals surface area contributed by atoms with E-state index in [0.717, 1.165) is 48.1 Å². The SMILES string of the molecule is Nc1ncnc2c1c(-c1ccc(NC(=O)c3c4n(n(-c5ccccc5)c3=O)CCOC4)cc1)cn2C1CCNCC1. The van der Waals surface area contributed by atoms with Gasteiger partial charge >= 0.3 is 0 Å². The van der Waals surface area contributed by atoms with Crippen LogP contribution in [-0.4, -0.2) is 49.5 Å². The zero-order valence-electron chi connectivity index (χ0n) is 22.4. The predicted octanol–water partition coefficient (Wildman–Crippen LogP) is 3.34. The number of amides is 1. The third kappa shape index (κ3) is 4.39. The smallest absolute Gasteiger partial charge is 0.284 e. The van der Waals surface area contributed by atoms with Crippen molar-refractivity contribution in [3.05, 3.63) is 88.7 Å². The molecule has 2 aromatic carbocycles. The van der Waals surface area contributed by atoms with Gasteiger partial charge < -0.3 is 25.7 Å². The van der Waals surface area contributed by atoms with Crippen molar-refractivity contribution in [1.29, 1.82) is 0 Å². The minimum absolute atomic E-state index is 0.0904. The number of nitrogen functional groups attached to an aromatic ring is 1. The summed E-state index contributed by atoms with van der Waals surface area (Å²) in [5.74, 6) is -0.0303. The number of hydrogen-bond donors (Lipinski definition) is 3. The molecule has 4 N–H and O–H groups in total. The first-order valence-corrected chi connectivity index (χ1v) is 13.8. The van der Waals surface area contributed by atoms with E-state index < -0.39 is 5.91 Å². The van der Waals surface area contributed by atoms with E-state index in [1.54, 1.807) is 4.68 Å². The second-order valence-corrected chi connectivity index (χ2v) is 10.4. The Morgan fingerprint density at radius 3 is 2.61 bits per heavy atom. The van der Waals surface area contributed by atoms with Crippen molar-refractivity contribution in [2.24, 2.45) is 0 Å². The number of nitrogens with zero attached hydrogens (tertiary/aromatic N) is 5. The van der Waals surface area contributed by atoms with E-state index >= 15 is 0 Å². The summed E-state index contributed by atoms with van der Waals surface area (Å²) in [7, 11) is 0. The normalized spacial score (nSPS) is 15.6. The minimum Gasteiger partial charge on any atom is -0.383 e. The maximum absolute atomic E-state index is 13.5. The standard InChI is InChI=1S/C30H30N8O3/c31-27-25-23(16-36(28(25)34-18-33-27)21-10-12-32-13-11-21)19-6-8-20(9-7-19)35-29(39)26-24-17-41-15-14-37(24)38(30(26)40)22-4-2-1-3-5-22/h1-9,16,18,21,32H,10-15,17H2,(H,35,39)(H2,31,33,34). The first-order valence-electron chi connectivity index (χ1n) is 13.8. The number of nitrogens with one attached hydrogen (secondary N) is 2. The molecule has 0 radical (unpaired) electrons. The Balaban J connectivity index is 1.20. The maximum atomic E-state index is 13.5. The molecule has 2 aliphatic heterocycles. The van der Waals surface area contributed by atoms with E-state index in [1.807, 2.05) is 59.3 Å². The van der Waals surface area contributed by atoms with E-state index in [0.29, 0.717) is 42.1 Å². The monoisotopic (exact) mass is 550 g/mol. The number of benzene rings is 2. The third-order valence-electron chi connectivity index (χ3n) is 7.96. The molecule has 0 spiro atoms. The highest BCUT2D eigenvalue weighted by atomic mass is 16.5. The van der Waals surface area contributed by atoms with Gasteiger partial charge in [-0.2, -0.15) is 0 Å². The Kier molecular flexibility index (Phi) is 6.37. The quantitative estimate of drug-likeness (QED) is 0.306. The van der Waals surface area contributed by atoms with Crippen LogP contribution in [0.15, 0.2) is 71.9 Å². The molecule has 1 amide bonds. The number of piperidine rings is 1. The van der Waals surface area contributed by atoms with Gasteiger partial charge in [-0.1, -0.05) is 30.3 Å². The summed E-state index contributed by atoms with van der Waals surface area (Å²) in [4.78, 5) is 35.8. The van der Waals surface area contributed by atoms with Crippen LogP contribution in [0.1, 0.15) is 34.9 Å². The zero-order chi connectivity index (χ0) is 27.9.